The van der Waals surface area contributed by atoms with E-state index in [0.29, 0.717) is 5.02 Å². The minimum atomic E-state index is -0.0285. The first kappa shape index (κ1) is 12.4. The standard InChI is InChI=1S/C13H12Cl2N2/c1-16-13(9-4-2-3-5-11(9)14)10-6-7-17-8-12(10)15/h2-8,13,16H,1H3. The van der Waals surface area contributed by atoms with Crippen molar-refractivity contribution in [2.75, 3.05) is 7.05 Å². The molecule has 88 valence electrons. The number of hydrogen-bond acceptors (Lipinski definition) is 2. The maximum Gasteiger partial charge on any atom is 0.0640 e. The molecule has 2 aromatic rings. The minimum Gasteiger partial charge on any atom is -0.309 e. The molecule has 1 N–H and O–H groups in total. The van der Waals surface area contributed by atoms with E-state index in [0.717, 1.165) is 16.1 Å². The van der Waals surface area contributed by atoms with Gasteiger partial charge in [0.15, 0.2) is 0 Å². The van der Waals surface area contributed by atoms with Crippen LogP contribution >= 0.6 is 23.2 Å². The second-order valence-corrected chi connectivity index (χ2v) is 4.45. The summed E-state index contributed by atoms with van der Waals surface area (Å²) in [6.07, 6.45) is 3.36. The first-order valence-corrected chi connectivity index (χ1v) is 6.00. The molecule has 0 amide bonds. The normalized spacial score (nSPS) is 12.4. The molecule has 0 aliphatic heterocycles. The number of benzene rings is 1. The zero-order valence-corrected chi connectivity index (χ0v) is 10.8. The van der Waals surface area contributed by atoms with Crippen molar-refractivity contribution in [3.8, 4) is 0 Å². The highest BCUT2D eigenvalue weighted by Gasteiger charge is 2.17. The highest BCUT2D eigenvalue weighted by Crippen LogP contribution is 2.31. The fourth-order valence-electron chi connectivity index (χ4n) is 1.81. The van der Waals surface area contributed by atoms with Crippen molar-refractivity contribution in [1.29, 1.82) is 0 Å². The van der Waals surface area contributed by atoms with Crippen molar-refractivity contribution >= 4 is 23.2 Å². The van der Waals surface area contributed by atoms with E-state index >= 15 is 0 Å². The van der Waals surface area contributed by atoms with Gasteiger partial charge in [0.25, 0.3) is 0 Å². The van der Waals surface area contributed by atoms with Gasteiger partial charge in [0.2, 0.25) is 0 Å². The second-order valence-electron chi connectivity index (χ2n) is 3.64. The van der Waals surface area contributed by atoms with E-state index in [1.807, 2.05) is 37.4 Å². The van der Waals surface area contributed by atoms with Gasteiger partial charge in [0.1, 0.15) is 0 Å². The van der Waals surface area contributed by atoms with Crippen LogP contribution in [-0.2, 0) is 0 Å². The fraction of sp³-hybridized carbons (Fsp3) is 0.154. The van der Waals surface area contributed by atoms with Crippen molar-refractivity contribution in [2.24, 2.45) is 0 Å². The van der Waals surface area contributed by atoms with Crippen LogP contribution in [0.15, 0.2) is 42.7 Å². The molecule has 0 bridgehead atoms. The monoisotopic (exact) mass is 266 g/mol. The van der Waals surface area contributed by atoms with Crippen molar-refractivity contribution in [2.45, 2.75) is 6.04 Å². The van der Waals surface area contributed by atoms with Crippen LogP contribution in [0.4, 0.5) is 0 Å². The van der Waals surface area contributed by atoms with E-state index in [2.05, 4.69) is 10.3 Å². The average Bonchev–Trinajstić information content (AvgIpc) is 2.34. The van der Waals surface area contributed by atoms with E-state index in [9.17, 15) is 0 Å². The number of nitrogens with zero attached hydrogens (tertiary/aromatic N) is 1. The molecule has 1 atom stereocenters. The van der Waals surface area contributed by atoms with Gasteiger partial charge in [-0.3, -0.25) is 4.98 Å². The summed E-state index contributed by atoms with van der Waals surface area (Å²) in [5, 5.41) is 4.57. The van der Waals surface area contributed by atoms with Crippen molar-refractivity contribution < 1.29 is 0 Å². The summed E-state index contributed by atoms with van der Waals surface area (Å²) in [7, 11) is 1.88. The van der Waals surface area contributed by atoms with Gasteiger partial charge < -0.3 is 5.32 Å². The highest BCUT2D eigenvalue weighted by atomic mass is 35.5. The zero-order chi connectivity index (χ0) is 12.3. The lowest BCUT2D eigenvalue weighted by Crippen LogP contribution is -2.18. The third kappa shape index (κ3) is 2.60. The summed E-state index contributed by atoms with van der Waals surface area (Å²) in [6.45, 7) is 0. The maximum atomic E-state index is 6.20. The van der Waals surface area contributed by atoms with Crippen LogP contribution in [0.3, 0.4) is 0 Å². The topological polar surface area (TPSA) is 24.9 Å². The van der Waals surface area contributed by atoms with Crippen molar-refractivity contribution in [3.63, 3.8) is 0 Å². The number of aromatic nitrogens is 1. The van der Waals surface area contributed by atoms with Gasteiger partial charge >= 0.3 is 0 Å². The number of rotatable bonds is 3. The highest BCUT2D eigenvalue weighted by molar-refractivity contribution is 6.32. The first-order valence-electron chi connectivity index (χ1n) is 5.25. The Hall–Kier alpha value is -1.09. The Balaban J connectivity index is 2.48. The predicted octanol–water partition coefficient (Wildman–Crippen LogP) is 3.70. The molecule has 2 rings (SSSR count). The molecular weight excluding hydrogens is 255 g/mol. The zero-order valence-electron chi connectivity index (χ0n) is 9.32. The molecule has 2 nitrogen and oxygen atoms in total. The molecule has 1 heterocycles. The molecule has 0 radical (unpaired) electrons. The Labute approximate surface area is 111 Å². The third-order valence-electron chi connectivity index (χ3n) is 2.62. The van der Waals surface area contributed by atoms with E-state index < -0.39 is 0 Å². The Morgan fingerprint density at radius 1 is 1.06 bits per heavy atom. The van der Waals surface area contributed by atoms with Gasteiger partial charge in [-0.2, -0.15) is 0 Å². The molecule has 17 heavy (non-hydrogen) atoms. The second kappa shape index (κ2) is 5.50. The van der Waals surface area contributed by atoms with E-state index in [4.69, 9.17) is 23.2 Å². The summed E-state index contributed by atoms with van der Waals surface area (Å²) in [5.41, 5.74) is 1.97. The lowest BCUT2D eigenvalue weighted by Gasteiger charge is -2.19. The Morgan fingerprint density at radius 3 is 2.41 bits per heavy atom. The maximum absolute atomic E-state index is 6.20. The van der Waals surface area contributed by atoms with Crippen LogP contribution in [-0.4, -0.2) is 12.0 Å². The van der Waals surface area contributed by atoms with E-state index in [1.165, 1.54) is 0 Å². The quantitative estimate of drug-likeness (QED) is 0.917. The number of nitrogens with one attached hydrogen (secondary N) is 1. The van der Waals surface area contributed by atoms with Crippen molar-refractivity contribution in [1.82, 2.24) is 10.3 Å². The van der Waals surface area contributed by atoms with Crippen LogP contribution in [0.1, 0.15) is 17.2 Å². The molecule has 0 saturated carbocycles. The van der Waals surface area contributed by atoms with Crippen LogP contribution in [0.2, 0.25) is 10.0 Å². The van der Waals surface area contributed by atoms with Crippen LogP contribution in [0, 0.1) is 0 Å². The number of hydrogen-bond donors (Lipinski definition) is 1. The van der Waals surface area contributed by atoms with Gasteiger partial charge in [-0.15, -0.1) is 0 Å². The number of halogens is 2. The largest absolute Gasteiger partial charge is 0.309 e. The summed E-state index contributed by atoms with van der Waals surface area (Å²) in [6, 6.07) is 9.59. The van der Waals surface area contributed by atoms with Crippen molar-refractivity contribution in [3.05, 3.63) is 63.9 Å². The predicted molar refractivity (Wildman–Crippen MR) is 71.6 cm³/mol. The molecule has 1 aromatic heterocycles. The van der Waals surface area contributed by atoms with Gasteiger partial charge in [0, 0.05) is 17.4 Å². The summed E-state index contributed by atoms with van der Waals surface area (Å²) in [5.74, 6) is 0. The average molecular weight is 267 g/mol. The molecule has 1 aromatic carbocycles. The van der Waals surface area contributed by atoms with E-state index in [-0.39, 0.29) is 6.04 Å². The fourth-order valence-corrected chi connectivity index (χ4v) is 2.28. The van der Waals surface area contributed by atoms with Gasteiger partial charge in [-0.05, 0) is 30.3 Å². The molecule has 0 aliphatic carbocycles. The van der Waals surface area contributed by atoms with E-state index in [1.54, 1.807) is 12.4 Å². The Morgan fingerprint density at radius 2 is 1.76 bits per heavy atom. The molecule has 0 fully saturated rings. The Bertz CT molecular complexity index is 469. The summed E-state index contributed by atoms with van der Waals surface area (Å²) < 4.78 is 0. The lowest BCUT2D eigenvalue weighted by molar-refractivity contribution is 0.691. The first-order chi connectivity index (χ1) is 8.24. The molecule has 4 heteroatoms. The van der Waals surface area contributed by atoms with Crippen LogP contribution in [0.5, 0.6) is 0 Å². The van der Waals surface area contributed by atoms with Crippen LogP contribution in [0.25, 0.3) is 0 Å². The van der Waals surface area contributed by atoms with Gasteiger partial charge in [-0.25, -0.2) is 0 Å². The SMILES string of the molecule is CNC(c1ccccc1Cl)c1ccncc1Cl. The van der Waals surface area contributed by atoms with Crippen LogP contribution < -0.4 is 5.32 Å². The lowest BCUT2D eigenvalue weighted by atomic mass is 10.00. The molecule has 0 saturated heterocycles. The minimum absolute atomic E-state index is 0.0285. The van der Waals surface area contributed by atoms with Gasteiger partial charge in [0.05, 0.1) is 11.1 Å². The molecule has 1 unspecified atom stereocenters. The smallest absolute Gasteiger partial charge is 0.0640 e. The summed E-state index contributed by atoms with van der Waals surface area (Å²) in [4.78, 5) is 3.99. The third-order valence-corrected chi connectivity index (χ3v) is 3.28. The van der Waals surface area contributed by atoms with Gasteiger partial charge in [-0.1, -0.05) is 41.4 Å². The Kier molecular flexibility index (Phi) is 4.00. The number of pyridine rings is 1. The molecular formula is C13H12Cl2N2. The summed E-state index contributed by atoms with van der Waals surface area (Å²) >= 11 is 12.4. The molecule has 0 aliphatic rings. The molecule has 0 spiro atoms.